The van der Waals surface area contributed by atoms with E-state index in [1.54, 1.807) is 53.2 Å². The van der Waals surface area contributed by atoms with Gasteiger partial charge >= 0.3 is 0 Å². The third kappa shape index (κ3) is 4.20. The number of hydrogen-bond acceptors (Lipinski definition) is 3. The second kappa shape index (κ2) is 8.70. The van der Waals surface area contributed by atoms with E-state index in [0.717, 1.165) is 5.69 Å². The Labute approximate surface area is 184 Å². The zero-order chi connectivity index (χ0) is 22.0. The fourth-order valence-electron chi connectivity index (χ4n) is 3.60. The quantitative estimate of drug-likeness (QED) is 0.432. The number of benzene rings is 2. The number of rotatable bonds is 5. The highest BCUT2D eigenvalue weighted by Gasteiger charge is 2.28. The molecule has 0 saturated heterocycles. The van der Waals surface area contributed by atoms with Crippen LogP contribution in [0.2, 0.25) is 5.02 Å². The van der Waals surface area contributed by atoms with Crippen LogP contribution in [0.1, 0.15) is 33.4 Å². The van der Waals surface area contributed by atoms with Crippen LogP contribution in [0.4, 0.5) is 4.39 Å². The lowest BCUT2D eigenvalue weighted by Gasteiger charge is -2.28. The van der Waals surface area contributed by atoms with Crippen LogP contribution in [0.3, 0.4) is 0 Å². The molecular weight excluding hydrogens is 415 g/mol. The minimum absolute atomic E-state index is 0.245. The van der Waals surface area contributed by atoms with Gasteiger partial charge in [0.25, 0.3) is 5.91 Å². The molecule has 0 saturated carbocycles. The molecule has 0 aliphatic heterocycles. The molecule has 4 rings (SSSR count). The van der Waals surface area contributed by atoms with Gasteiger partial charge in [-0.25, -0.2) is 9.07 Å². The van der Waals surface area contributed by atoms with Crippen LogP contribution in [0.5, 0.6) is 0 Å². The lowest BCUT2D eigenvalue weighted by atomic mass is 10.0. The minimum atomic E-state index is -0.557. The minimum Gasteiger partial charge on any atom is -0.329 e. The van der Waals surface area contributed by atoms with Crippen molar-refractivity contribution >= 4 is 17.5 Å². The van der Waals surface area contributed by atoms with E-state index in [4.69, 9.17) is 11.6 Å². The highest BCUT2D eigenvalue weighted by molar-refractivity contribution is 6.30. The van der Waals surface area contributed by atoms with Crippen molar-refractivity contribution < 1.29 is 9.18 Å². The molecule has 1 atom stereocenters. The lowest BCUT2D eigenvalue weighted by Crippen LogP contribution is -2.32. The Balaban J connectivity index is 1.73. The van der Waals surface area contributed by atoms with Crippen LogP contribution < -0.4 is 0 Å². The summed E-state index contributed by atoms with van der Waals surface area (Å²) in [5.74, 6) is -0.616. The summed E-state index contributed by atoms with van der Waals surface area (Å²) >= 11 is 6.10. The molecule has 7 heteroatoms. The van der Waals surface area contributed by atoms with Crippen LogP contribution in [0.15, 0.2) is 79.1 Å². The van der Waals surface area contributed by atoms with Crippen molar-refractivity contribution in [2.24, 2.45) is 0 Å². The van der Waals surface area contributed by atoms with Crippen molar-refractivity contribution in [3.8, 4) is 5.69 Å². The normalized spacial score (nSPS) is 11.9. The Bertz CT molecular complexity index is 1230. The molecule has 0 bridgehead atoms. The van der Waals surface area contributed by atoms with Gasteiger partial charge in [-0.2, -0.15) is 5.10 Å². The van der Waals surface area contributed by atoms with Crippen LogP contribution in [0, 0.1) is 12.7 Å². The van der Waals surface area contributed by atoms with Crippen LogP contribution in [-0.4, -0.2) is 32.6 Å². The SMILES string of the molecule is Cc1c(C(=O)N(C)[C@H](c2cccc(F)c2)c2ccccn2)cnn1-c1cccc(Cl)c1. The Hall–Kier alpha value is -3.51. The van der Waals surface area contributed by atoms with Crippen molar-refractivity contribution in [1.29, 1.82) is 0 Å². The van der Waals surface area contributed by atoms with Gasteiger partial charge in [-0.15, -0.1) is 0 Å². The predicted octanol–water partition coefficient (Wildman–Crippen LogP) is 5.23. The monoisotopic (exact) mass is 434 g/mol. The molecule has 1 amide bonds. The third-order valence-electron chi connectivity index (χ3n) is 5.13. The largest absolute Gasteiger partial charge is 0.329 e. The molecule has 0 N–H and O–H groups in total. The van der Waals surface area contributed by atoms with Gasteiger partial charge in [-0.3, -0.25) is 9.78 Å². The number of hydrogen-bond donors (Lipinski definition) is 0. The van der Waals surface area contributed by atoms with Gasteiger partial charge < -0.3 is 4.90 Å². The average molecular weight is 435 g/mol. The summed E-state index contributed by atoms with van der Waals surface area (Å²) < 4.78 is 15.6. The van der Waals surface area contributed by atoms with Gasteiger partial charge in [0.15, 0.2) is 0 Å². The molecule has 4 aromatic rings. The summed E-state index contributed by atoms with van der Waals surface area (Å²) in [7, 11) is 1.68. The summed E-state index contributed by atoms with van der Waals surface area (Å²) in [6.45, 7) is 1.83. The van der Waals surface area contributed by atoms with Crippen molar-refractivity contribution in [2.45, 2.75) is 13.0 Å². The van der Waals surface area contributed by atoms with Crippen molar-refractivity contribution in [2.75, 3.05) is 7.05 Å². The molecule has 156 valence electrons. The zero-order valence-corrected chi connectivity index (χ0v) is 17.8. The number of carbonyl (C=O) groups is 1. The molecular formula is C24H20ClFN4O. The first kappa shape index (κ1) is 20.8. The molecule has 0 spiro atoms. The van der Waals surface area contributed by atoms with E-state index in [9.17, 15) is 9.18 Å². The maximum Gasteiger partial charge on any atom is 0.257 e. The summed E-state index contributed by atoms with van der Waals surface area (Å²) in [6.07, 6.45) is 3.19. The fourth-order valence-corrected chi connectivity index (χ4v) is 3.79. The van der Waals surface area contributed by atoms with E-state index < -0.39 is 6.04 Å². The van der Waals surface area contributed by atoms with E-state index in [-0.39, 0.29) is 11.7 Å². The highest BCUT2D eigenvalue weighted by Crippen LogP contribution is 2.29. The first-order valence-corrected chi connectivity index (χ1v) is 10.1. The molecule has 2 heterocycles. The highest BCUT2D eigenvalue weighted by atomic mass is 35.5. The van der Waals surface area contributed by atoms with Crippen molar-refractivity contribution in [3.05, 3.63) is 112 Å². The summed E-state index contributed by atoms with van der Waals surface area (Å²) in [5, 5.41) is 4.97. The van der Waals surface area contributed by atoms with Crippen LogP contribution >= 0.6 is 11.6 Å². The van der Waals surface area contributed by atoms with Gasteiger partial charge in [0.05, 0.1) is 34.9 Å². The fraction of sp³-hybridized carbons (Fsp3) is 0.125. The summed E-state index contributed by atoms with van der Waals surface area (Å²) in [4.78, 5) is 19.4. The summed E-state index contributed by atoms with van der Waals surface area (Å²) in [5.41, 5.74) is 3.16. The Kier molecular flexibility index (Phi) is 5.82. The molecule has 0 unspecified atom stereocenters. The maximum absolute atomic E-state index is 14.0. The Morgan fingerprint density at radius 3 is 2.61 bits per heavy atom. The van der Waals surface area contributed by atoms with Gasteiger partial charge in [-0.05, 0) is 55.0 Å². The molecule has 0 aliphatic rings. The maximum atomic E-state index is 14.0. The van der Waals surface area contributed by atoms with Crippen LogP contribution in [0.25, 0.3) is 5.69 Å². The van der Waals surface area contributed by atoms with Crippen LogP contribution in [-0.2, 0) is 0 Å². The summed E-state index contributed by atoms with van der Waals surface area (Å²) in [6, 6.07) is 18.4. The van der Waals surface area contributed by atoms with Crippen molar-refractivity contribution in [3.63, 3.8) is 0 Å². The molecule has 0 aliphatic carbocycles. The standard InChI is InChI=1S/C24H20ClFN4O/c1-16-21(15-28-30(16)20-10-6-8-18(25)14-20)24(31)29(2)23(22-11-3-4-12-27-22)17-7-5-9-19(26)13-17/h3-15,23H,1-2H3/t23-/m1/s1. The number of halogens is 2. The van der Waals surface area contributed by atoms with Gasteiger partial charge in [0, 0.05) is 18.3 Å². The number of carbonyl (C=O) groups excluding carboxylic acids is 1. The molecule has 31 heavy (non-hydrogen) atoms. The number of amides is 1. The molecule has 0 fully saturated rings. The van der Waals surface area contributed by atoms with E-state index in [1.807, 2.05) is 31.2 Å². The second-order valence-corrected chi connectivity index (χ2v) is 7.60. The Morgan fingerprint density at radius 1 is 1.10 bits per heavy atom. The topological polar surface area (TPSA) is 51.0 Å². The average Bonchev–Trinajstić information content (AvgIpc) is 3.15. The lowest BCUT2D eigenvalue weighted by molar-refractivity contribution is 0.0751. The molecule has 2 aromatic heterocycles. The third-order valence-corrected chi connectivity index (χ3v) is 5.37. The molecule has 2 aromatic carbocycles. The van der Waals surface area contributed by atoms with E-state index in [1.165, 1.54) is 18.3 Å². The first-order valence-electron chi connectivity index (χ1n) is 9.70. The smallest absolute Gasteiger partial charge is 0.257 e. The number of nitrogens with zero attached hydrogens (tertiary/aromatic N) is 4. The predicted molar refractivity (Wildman–Crippen MR) is 118 cm³/mol. The Morgan fingerprint density at radius 2 is 1.90 bits per heavy atom. The first-order chi connectivity index (χ1) is 15.0. The number of pyridine rings is 1. The van der Waals surface area contributed by atoms with Crippen molar-refractivity contribution in [1.82, 2.24) is 19.7 Å². The van der Waals surface area contributed by atoms with E-state index >= 15 is 0 Å². The van der Waals surface area contributed by atoms with Gasteiger partial charge in [0.1, 0.15) is 5.82 Å². The van der Waals surface area contributed by atoms with E-state index in [0.29, 0.717) is 27.5 Å². The second-order valence-electron chi connectivity index (χ2n) is 7.16. The van der Waals surface area contributed by atoms with Gasteiger partial charge in [-0.1, -0.05) is 35.9 Å². The number of aromatic nitrogens is 3. The van der Waals surface area contributed by atoms with E-state index in [2.05, 4.69) is 10.1 Å². The zero-order valence-electron chi connectivity index (χ0n) is 17.0. The molecule has 5 nitrogen and oxygen atoms in total. The van der Waals surface area contributed by atoms with Gasteiger partial charge in [0.2, 0.25) is 0 Å². The molecule has 0 radical (unpaired) electrons.